The quantitative estimate of drug-likeness (QED) is 0.734. The van der Waals surface area contributed by atoms with Crippen LogP contribution in [0.2, 0.25) is 0 Å². The number of hydrogen-bond acceptors (Lipinski definition) is 4. The lowest BCUT2D eigenvalue weighted by atomic mass is 9.70. The molecule has 4 atom stereocenters. The molecule has 4 rings (SSSR count). The lowest BCUT2D eigenvalue weighted by Crippen LogP contribution is -2.46. The molecule has 0 radical (unpaired) electrons. The molecule has 4 unspecified atom stereocenters. The molecule has 1 saturated carbocycles. The summed E-state index contributed by atoms with van der Waals surface area (Å²) in [6.45, 7) is 3.87. The third-order valence-corrected chi connectivity index (χ3v) is 4.62. The van der Waals surface area contributed by atoms with Gasteiger partial charge in [-0.05, 0) is 25.2 Å². The Hall–Kier alpha value is -1.32. The molecule has 0 aromatic heterocycles. The largest absolute Gasteiger partial charge is 0.459 e. The zero-order valence-corrected chi connectivity index (χ0v) is 11.5. The lowest BCUT2D eigenvalue weighted by Gasteiger charge is -2.43. The summed E-state index contributed by atoms with van der Waals surface area (Å²) in [6, 6.07) is 0. The molecule has 4 nitrogen and oxygen atoms in total. The molecule has 4 aliphatic rings. The number of hydrogen-bond donors (Lipinski definition) is 0. The van der Waals surface area contributed by atoms with Gasteiger partial charge >= 0.3 is 11.9 Å². The van der Waals surface area contributed by atoms with Gasteiger partial charge in [0.1, 0.15) is 11.7 Å². The molecule has 104 valence electrons. The molecule has 2 aliphatic heterocycles. The van der Waals surface area contributed by atoms with Crippen molar-refractivity contribution < 1.29 is 19.1 Å². The van der Waals surface area contributed by atoms with E-state index < -0.39 is 5.60 Å². The van der Waals surface area contributed by atoms with Crippen molar-refractivity contribution in [1.29, 1.82) is 0 Å². The summed E-state index contributed by atoms with van der Waals surface area (Å²) in [5.41, 5.74) is 0.206. The summed E-state index contributed by atoms with van der Waals surface area (Å²) in [6.07, 6.45) is 5.61. The van der Waals surface area contributed by atoms with Crippen molar-refractivity contribution in [1.82, 2.24) is 0 Å². The maximum atomic E-state index is 12.1. The lowest BCUT2D eigenvalue weighted by molar-refractivity contribution is -0.173. The van der Waals surface area contributed by atoms with Gasteiger partial charge in [-0.2, -0.15) is 0 Å². The molecule has 0 spiro atoms. The SMILES string of the molecule is CCC(C)C(=O)OC12CC3=CC(CC(C1)OC3=O)C2. The predicted molar refractivity (Wildman–Crippen MR) is 68.2 cm³/mol. The minimum Gasteiger partial charge on any atom is -0.459 e. The Morgan fingerprint density at radius 3 is 3.11 bits per heavy atom. The molecule has 19 heavy (non-hydrogen) atoms. The van der Waals surface area contributed by atoms with Crippen molar-refractivity contribution >= 4 is 11.9 Å². The van der Waals surface area contributed by atoms with Crippen LogP contribution in [0.3, 0.4) is 0 Å². The zero-order valence-electron chi connectivity index (χ0n) is 11.5. The van der Waals surface area contributed by atoms with E-state index in [9.17, 15) is 9.59 Å². The molecule has 0 N–H and O–H groups in total. The van der Waals surface area contributed by atoms with Crippen LogP contribution in [-0.4, -0.2) is 23.6 Å². The molecule has 0 aromatic rings. The highest BCUT2D eigenvalue weighted by molar-refractivity contribution is 5.90. The highest BCUT2D eigenvalue weighted by atomic mass is 16.6. The molecule has 2 fully saturated rings. The van der Waals surface area contributed by atoms with Crippen molar-refractivity contribution in [2.75, 3.05) is 0 Å². The highest BCUT2D eigenvalue weighted by Crippen LogP contribution is 2.48. The Morgan fingerprint density at radius 2 is 2.37 bits per heavy atom. The van der Waals surface area contributed by atoms with Crippen LogP contribution < -0.4 is 0 Å². The number of carbonyl (C=O) groups is 2. The van der Waals surface area contributed by atoms with Crippen LogP contribution in [0.1, 0.15) is 46.0 Å². The van der Waals surface area contributed by atoms with E-state index in [2.05, 4.69) is 0 Å². The van der Waals surface area contributed by atoms with Gasteiger partial charge in [0.05, 0.1) is 5.92 Å². The number of carbonyl (C=O) groups excluding carboxylic acids is 2. The van der Waals surface area contributed by atoms with Gasteiger partial charge in [-0.1, -0.05) is 19.9 Å². The van der Waals surface area contributed by atoms with E-state index in [0.29, 0.717) is 24.3 Å². The molecule has 4 heteroatoms. The fraction of sp³-hybridized carbons (Fsp3) is 0.733. The van der Waals surface area contributed by atoms with Gasteiger partial charge < -0.3 is 9.47 Å². The predicted octanol–water partition coefficient (Wildman–Crippen LogP) is 2.37. The van der Waals surface area contributed by atoms with Crippen molar-refractivity contribution in [3.63, 3.8) is 0 Å². The Labute approximate surface area is 113 Å². The average molecular weight is 264 g/mol. The smallest absolute Gasteiger partial charge is 0.334 e. The standard InChI is InChI=1S/C15H20O4/c1-3-9(2)13(16)19-15-6-10-4-11(7-15)14(17)18-12(5-10)8-15/h4,9-10,12H,3,5-8H2,1-2H3. The average Bonchev–Trinajstić information content (AvgIpc) is 2.50. The summed E-state index contributed by atoms with van der Waals surface area (Å²) < 4.78 is 11.3. The van der Waals surface area contributed by atoms with E-state index in [1.165, 1.54) is 0 Å². The summed E-state index contributed by atoms with van der Waals surface area (Å²) in [7, 11) is 0. The molecule has 1 saturated heterocycles. The second-order valence-corrected chi connectivity index (χ2v) is 6.21. The highest BCUT2D eigenvalue weighted by Gasteiger charge is 2.51. The van der Waals surface area contributed by atoms with Gasteiger partial charge in [-0.15, -0.1) is 0 Å². The van der Waals surface area contributed by atoms with E-state index in [-0.39, 0.29) is 24.0 Å². The zero-order chi connectivity index (χ0) is 13.6. The molecular formula is C15H20O4. The molecule has 0 amide bonds. The fourth-order valence-corrected chi connectivity index (χ4v) is 3.50. The topological polar surface area (TPSA) is 52.6 Å². The Bertz CT molecular complexity index is 453. The summed E-state index contributed by atoms with van der Waals surface area (Å²) in [5, 5.41) is 0. The molecular weight excluding hydrogens is 244 g/mol. The third-order valence-electron chi connectivity index (χ3n) is 4.62. The van der Waals surface area contributed by atoms with E-state index in [1.54, 1.807) is 0 Å². The first-order chi connectivity index (χ1) is 9.01. The number of esters is 2. The third kappa shape index (κ3) is 2.17. The van der Waals surface area contributed by atoms with E-state index in [1.807, 2.05) is 19.9 Å². The summed E-state index contributed by atoms with van der Waals surface area (Å²) >= 11 is 0. The second kappa shape index (κ2) is 4.36. The molecule has 2 heterocycles. The van der Waals surface area contributed by atoms with Gasteiger partial charge in [0.15, 0.2) is 0 Å². The van der Waals surface area contributed by atoms with Crippen molar-refractivity contribution in [2.45, 2.75) is 57.7 Å². The van der Waals surface area contributed by atoms with E-state index in [4.69, 9.17) is 9.47 Å². The van der Waals surface area contributed by atoms with Crippen LogP contribution in [0.4, 0.5) is 0 Å². The first-order valence-corrected chi connectivity index (χ1v) is 7.16. The molecule has 4 bridgehead atoms. The number of allylic oxidation sites excluding steroid dienone is 1. The number of rotatable bonds is 3. The minimum absolute atomic E-state index is 0.0834. The van der Waals surface area contributed by atoms with Crippen LogP contribution in [-0.2, 0) is 19.1 Å². The Morgan fingerprint density at radius 1 is 1.58 bits per heavy atom. The maximum absolute atomic E-state index is 12.1. The van der Waals surface area contributed by atoms with E-state index >= 15 is 0 Å². The van der Waals surface area contributed by atoms with Crippen LogP contribution in [0, 0.1) is 11.8 Å². The Balaban J connectivity index is 1.84. The fourth-order valence-electron chi connectivity index (χ4n) is 3.50. The van der Waals surface area contributed by atoms with Gasteiger partial charge in [-0.3, -0.25) is 4.79 Å². The van der Waals surface area contributed by atoms with Gasteiger partial charge in [0.2, 0.25) is 0 Å². The Kier molecular flexibility index (Phi) is 2.91. The minimum atomic E-state index is -0.496. The van der Waals surface area contributed by atoms with Crippen LogP contribution in [0.15, 0.2) is 11.6 Å². The normalized spacial score (nSPS) is 37.4. The summed E-state index contributed by atoms with van der Waals surface area (Å²) in [5.74, 6) is -0.121. The van der Waals surface area contributed by atoms with Gasteiger partial charge in [0.25, 0.3) is 0 Å². The van der Waals surface area contributed by atoms with Crippen molar-refractivity contribution in [3.05, 3.63) is 11.6 Å². The maximum Gasteiger partial charge on any atom is 0.334 e. The van der Waals surface area contributed by atoms with E-state index in [0.717, 1.165) is 19.3 Å². The molecule has 0 aromatic carbocycles. The number of fused-ring (bicyclic) bond motifs is 1. The van der Waals surface area contributed by atoms with Gasteiger partial charge in [0, 0.05) is 18.4 Å². The second-order valence-electron chi connectivity index (χ2n) is 6.21. The first-order valence-electron chi connectivity index (χ1n) is 7.16. The first kappa shape index (κ1) is 12.7. The summed E-state index contributed by atoms with van der Waals surface area (Å²) in [4.78, 5) is 23.9. The molecule has 2 aliphatic carbocycles. The van der Waals surface area contributed by atoms with Crippen molar-refractivity contribution in [3.8, 4) is 0 Å². The van der Waals surface area contributed by atoms with Crippen molar-refractivity contribution in [2.24, 2.45) is 11.8 Å². The van der Waals surface area contributed by atoms with Crippen LogP contribution >= 0.6 is 0 Å². The van der Waals surface area contributed by atoms with Crippen LogP contribution in [0.25, 0.3) is 0 Å². The monoisotopic (exact) mass is 264 g/mol. The number of ether oxygens (including phenoxy) is 2. The van der Waals surface area contributed by atoms with Crippen LogP contribution in [0.5, 0.6) is 0 Å². The van der Waals surface area contributed by atoms with Gasteiger partial charge in [-0.25, -0.2) is 4.79 Å².